The molecule has 2 aromatic carbocycles. The van der Waals surface area contributed by atoms with Gasteiger partial charge in [0.2, 0.25) is 5.91 Å². The van der Waals surface area contributed by atoms with Crippen molar-refractivity contribution >= 4 is 29.0 Å². The monoisotopic (exact) mass is 300 g/mol. The van der Waals surface area contributed by atoms with Crippen LogP contribution in [0, 0.1) is 6.92 Å². The van der Waals surface area contributed by atoms with Crippen LogP contribution in [0.5, 0.6) is 0 Å². The highest BCUT2D eigenvalue weighted by Gasteiger charge is 2.17. The molecule has 0 aliphatic carbocycles. The van der Waals surface area contributed by atoms with Gasteiger partial charge in [-0.3, -0.25) is 4.79 Å². The number of aryl methyl sites for hydroxylation is 1. The van der Waals surface area contributed by atoms with E-state index < -0.39 is 0 Å². The Labute approximate surface area is 129 Å². The van der Waals surface area contributed by atoms with Crippen molar-refractivity contribution in [3.05, 3.63) is 54.1 Å². The van der Waals surface area contributed by atoms with Gasteiger partial charge in [-0.25, -0.2) is 0 Å². The van der Waals surface area contributed by atoms with Gasteiger partial charge < -0.3 is 11.1 Å². The van der Waals surface area contributed by atoms with Crippen LogP contribution in [-0.4, -0.2) is 11.2 Å². The molecule has 0 aromatic heterocycles. The number of thioether (sulfide) groups is 1. The molecule has 4 heteroatoms. The minimum absolute atomic E-state index is 0.0307. The van der Waals surface area contributed by atoms with Gasteiger partial charge in [0.05, 0.1) is 5.25 Å². The van der Waals surface area contributed by atoms with E-state index in [4.69, 9.17) is 5.73 Å². The molecule has 1 unspecified atom stereocenters. The molecule has 0 saturated carbocycles. The highest BCUT2D eigenvalue weighted by molar-refractivity contribution is 8.00. The quantitative estimate of drug-likeness (QED) is 0.646. The minimum Gasteiger partial charge on any atom is -0.399 e. The van der Waals surface area contributed by atoms with Crippen molar-refractivity contribution in [2.24, 2.45) is 0 Å². The molecular weight excluding hydrogens is 280 g/mol. The molecule has 3 nitrogen and oxygen atoms in total. The summed E-state index contributed by atoms with van der Waals surface area (Å²) in [5.41, 5.74) is 8.42. The normalized spacial score (nSPS) is 11.9. The second-order valence-electron chi connectivity index (χ2n) is 4.94. The van der Waals surface area contributed by atoms with Gasteiger partial charge in [-0.05, 0) is 49.7 Å². The van der Waals surface area contributed by atoms with Crippen LogP contribution in [0.2, 0.25) is 0 Å². The minimum atomic E-state index is -0.116. The number of benzene rings is 2. The van der Waals surface area contributed by atoms with E-state index in [0.717, 1.165) is 22.7 Å². The Balaban J connectivity index is 2.01. The van der Waals surface area contributed by atoms with Crippen LogP contribution in [0.1, 0.15) is 18.9 Å². The highest BCUT2D eigenvalue weighted by Crippen LogP contribution is 2.27. The zero-order chi connectivity index (χ0) is 15.2. The molecule has 0 fully saturated rings. The lowest BCUT2D eigenvalue weighted by molar-refractivity contribution is -0.115. The fraction of sp³-hybridized carbons (Fsp3) is 0.235. The third-order valence-electron chi connectivity index (χ3n) is 3.14. The Kier molecular flexibility index (Phi) is 5.28. The molecule has 0 bridgehead atoms. The molecule has 0 radical (unpaired) electrons. The predicted molar refractivity (Wildman–Crippen MR) is 90.6 cm³/mol. The van der Waals surface area contributed by atoms with E-state index in [-0.39, 0.29) is 11.2 Å². The van der Waals surface area contributed by atoms with Gasteiger partial charge in [-0.1, -0.05) is 24.6 Å². The van der Waals surface area contributed by atoms with Crippen molar-refractivity contribution in [1.29, 1.82) is 0 Å². The Morgan fingerprint density at radius 3 is 2.33 bits per heavy atom. The summed E-state index contributed by atoms with van der Waals surface area (Å²) < 4.78 is 0. The molecule has 0 spiro atoms. The average Bonchev–Trinajstić information content (AvgIpc) is 2.49. The fourth-order valence-electron chi connectivity index (χ4n) is 1.89. The zero-order valence-electron chi connectivity index (χ0n) is 12.3. The summed E-state index contributed by atoms with van der Waals surface area (Å²) >= 11 is 1.56. The smallest absolute Gasteiger partial charge is 0.237 e. The molecule has 1 atom stereocenters. The summed E-state index contributed by atoms with van der Waals surface area (Å²) in [6.45, 7) is 4.04. The van der Waals surface area contributed by atoms with Gasteiger partial charge >= 0.3 is 0 Å². The Morgan fingerprint density at radius 2 is 1.76 bits per heavy atom. The topological polar surface area (TPSA) is 55.1 Å². The number of hydrogen-bond donors (Lipinski definition) is 2. The van der Waals surface area contributed by atoms with Crippen LogP contribution in [0.3, 0.4) is 0 Å². The predicted octanol–water partition coefficient (Wildman–Crippen LogP) is 4.09. The van der Waals surface area contributed by atoms with Crippen LogP contribution in [0.4, 0.5) is 11.4 Å². The number of nitrogen functional groups attached to an aromatic ring is 1. The maximum absolute atomic E-state index is 12.3. The van der Waals surface area contributed by atoms with Crippen molar-refractivity contribution in [2.75, 3.05) is 11.1 Å². The standard InChI is InChI=1S/C17H20N2OS/c1-3-16(21-15-10-6-13(18)7-11-15)17(20)19-14-8-4-12(2)5-9-14/h4-11,16H,3,18H2,1-2H3,(H,19,20). The molecule has 2 rings (SSSR count). The van der Waals surface area contributed by atoms with E-state index >= 15 is 0 Å². The summed E-state index contributed by atoms with van der Waals surface area (Å²) in [6, 6.07) is 15.4. The van der Waals surface area contributed by atoms with E-state index in [1.807, 2.05) is 62.4 Å². The summed E-state index contributed by atoms with van der Waals surface area (Å²) in [6.07, 6.45) is 0.771. The van der Waals surface area contributed by atoms with Gasteiger partial charge in [-0.2, -0.15) is 0 Å². The van der Waals surface area contributed by atoms with E-state index in [2.05, 4.69) is 5.32 Å². The fourth-order valence-corrected chi connectivity index (χ4v) is 2.85. The molecule has 3 N–H and O–H groups in total. The Bertz CT molecular complexity index is 593. The largest absolute Gasteiger partial charge is 0.399 e. The third-order valence-corrected chi connectivity index (χ3v) is 4.52. The number of anilines is 2. The second kappa shape index (κ2) is 7.18. The lowest BCUT2D eigenvalue weighted by atomic mass is 10.2. The van der Waals surface area contributed by atoms with Crippen LogP contribution in [0.25, 0.3) is 0 Å². The first-order valence-electron chi connectivity index (χ1n) is 6.98. The molecule has 0 heterocycles. The molecule has 0 saturated heterocycles. The van der Waals surface area contributed by atoms with E-state index in [0.29, 0.717) is 0 Å². The van der Waals surface area contributed by atoms with Crippen LogP contribution >= 0.6 is 11.8 Å². The first-order chi connectivity index (χ1) is 10.1. The Morgan fingerprint density at radius 1 is 1.14 bits per heavy atom. The van der Waals surface area contributed by atoms with Crippen LogP contribution in [-0.2, 0) is 4.79 Å². The number of hydrogen-bond acceptors (Lipinski definition) is 3. The van der Waals surface area contributed by atoms with Gasteiger partial charge in [0.1, 0.15) is 0 Å². The van der Waals surface area contributed by atoms with Crippen molar-refractivity contribution in [3.8, 4) is 0 Å². The van der Waals surface area contributed by atoms with Crippen molar-refractivity contribution < 1.29 is 4.79 Å². The zero-order valence-corrected chi connectivity index (χ0v) is 13.1. The first kappa shape index (κ1) is 15.4. The number of rotatable bonds is 5. The molecule has 110 valence electrons. The molecule has 2 aromatic rings. The SMILES string of the molecule is CCC(Sc1ccc(N)cc1)C(=O)Nc1ccc(C)cc1. The number of carbonyl (C=O) groups excluding carboxylic acids is 1. The second-order valence-corrected chi connectivity index (χ2v) is 6.22. The molecule has 0 aliphatic rings. The van der Waals surface area contributed by atoms with Crippen molar-refractivity contribution in [2.45, 2.75) is 30.4 Å². The molecule has 0 aliphatic heterocycles. The van der Waals surface area contributed by atoms with Crippen molar-refractivity contribution in [3.63, 3.8) is 0 Å². The summed E-state index contributed by atoms with van der Waals surface area (Å²) in [5.74, 6) is 0.0307. The van der Waals surface area contributed by atoms with E-state index in [1.54, 1.807) is 11.8 Å². The van der Waals surface area contributed by atoms with Gasteiger partial charge in [0.15, 0.2) is 0 Å². The lowest BCUT2D eigenvalue weighted by Gasteiger charge is -2.15. The van der Waals surface area contributed by atoms with Crippen LogP contribution < -0.4 is 11.1 Å². The van der Waals surface area contributed by atoms with E-state index in [9.17, 15) is 4.79 Å². The maximum Gasteiger partial charge on any atom is 0.237 e. The van der Waals surface area contributed by atoms with Crippen LogP contribution in [0.15, 0.2) is 53.4 Å². The first-order valence-corrected chi connectivity index (χ1v) is 7.86. The summed E-state index contributed by atoms with van der Waals surface area (Å²) in [4.78, 5) is 13.4. The third kappa shape index (κ3) is 4.53. The van der Waals surface area contributed by atoms with Crippen molar-refractivity contribution in [1.82, 2.24) is 0 Å². The number of amides is 1. The molecule has 21 heavy (non-hydrogen) atoms. The number of nitrogens with two attached hydrogens (primary N) is 1. The summed E-state index contributed by atoms with van der Waals surface area (Å²) in [5, 5.41) is 2.85. The number of carbonyl (C=O) groups is 1. The maximum atomic E-state index is 12.3. The highest BCUT2D eigenvalue weighted by atomic mass is 32.2. The van der Waals surface area contributed by atoms with E-state index in [1.165, 1.54) is 5.56 Å². The van der Waals surface area contributed by atoms with Gasteiger partial charge in [0, 0.05) is 16.3 Å². The number of nitrogens with one attached hydrogen (secondary N) is 1. The summed E-state index contributed by atoms with van der Waals surface area (Å²) in [7, 11) is 0. The average molecular weight is 300 g/mol. The molecular formula is C17H20N2OS. The van der Waals surface area contributed by atoms with Gasteiger partial charge in [0.25, 0.3) is 0 Å². The Hall–Kier alpha value is -1.94. The lowest BCUT2D eigenvalue weighted by Crippen LogP contribution is -2.24. The van der Waals surface area contributed by atoms with Gasteiger partial charge in [-0.15, -0.1) is 11.8 Å². The molecule has 1 amide bonds.